The Balaban J connectivity index is 2.34. The van der Waals surface area contributed by atoms with Gasteiger partial charge in [-0.1, -0.05) is 19.1 Å². The van der Waals surface area contributed by atoms with Gasteiger partial charge in [0, 0.05) is 13.0 Å². The Morgan fingerprint density at radius 1 is 1.42 bits per heavy atom. The van der Waals surface area contributed by atoms with E-state index < -0.39 is 0 Å². The Hall–Kier alpha value is -1.91. The second-order valence-electron chi connectivity index (χ2n) is 4.50. The van der Waals surface area contributed by atoms with Crippen LogP contribution < -0.4 is 5.32 Å². The van der Waals surface area contributed by atoms with Crippen molar-refractivity contribution in [1.29, 1.82) is 0 Å². The lowest BCUT2D eigenvalue weighted by Crippen LogP contribution is -2.30. The van der Waals surface area contributed by atoms with Gasteiger partial charge in [0.05, 0.1) is 13.5 Å². The monoisotopic (exact) mass is 267 g/mol. The number of carbonyl (C=O) groups is 2. The molecule has 1 aromatic carbocycles. The number of benzene rings is 1. The lowest BCUT2D eigenvalue weighted by atomic mass is 10.1. The van der Waals surface area contributed by atoms with E-state index in [2.05, 4.69) is 10.1 Å². The molecule has 1 aromatic rings. The fraction of sp³-hybridized carbons (Fsp3) is 0.429. The molecule has 4 nitrogen and oxygen atoms in total. The SMILES string of the molecule is COC(=O)C[C@@H](C)CNC(=O)Cc1cccc(F)c1. The quantitative estimate of drug-likeness (QED) is 0.798. The summed E-state index contributed by atoms with van der Waals surface area (Å²) >= 11 is 0. The van der Waals surface area contributed by atoms with Gasteiger partial charge in [0.25, 0.3) is 0 Å². The predicted octanol–water partition coefficient (Wildman–Crippen LogP) is 1.68. The van der Waals surface area contributed by atoms with Crippen molar-refractivity contribution in [2.75, 3.05) is 13.7 Å². The van der Waals surface area contributed by atoms with Crippen molar-refractivity contribution in [1.82, 2.24) is 5.32 Å². The van der Waals surface area contributed by atoms with E-state index in [0.717, 1.165) is 0 Å². The topological polar surface area (TPSA) is 55.4 Å². The van der Waals surface area contributed by atoms with Crippen molar-refractivity contribution in [3.8, 4) is 0 Å². The van der Waals surface area contributed by atoms with Gasteiger partial charge in [-0.2, -0.15) is 0 Å². The molecular weight excluding hydrogens is 249 g/mol. The largest absolute Gasteiger partial charge is 0.469 e. The summed E-state index contributed by atoms with van der Waals surface area (Å²) in [7, 11) is 1.33. The lowest BCUT2D eigenvalue weighted by molar-refractivity contribution is -0.141. The average Bonchev–Trinajstić information content (AvgIpc) is 2.36. The van der Waals surface area contributed by atoms with Crippen molar-refractivity contribution in [2.45, 2.75) is 19.8 Å². The molecule has 1 N–H and O–H groups in total. The number of hydrogen-bond donors (Lipinski definition) is 1. The highest BCUT2D eigenvalue weighted by atomic mass is 19.1. The average molecular weight is 267 g/mol. The predicted molar refractivity (Wildman–Crippen MR) is 68.9 cm³/mol. The van der Waals surface area contributed by atoms with E-state index in [0.29, 0.717) is 12.1 Å². The molecule has 1 atom stereocenters. The van der Waals surface area contributed by atoms with Crippen LogP contribution in [-0.4, -0.2) is 25.5 Å². The molecule has 0 heterocycles. The second-order valence-corrected chi connectivity index (χ2v) is 4.50. The molecule has 0 aliphatic heterocycles. The van der Waals surface area contributed by atoms with Gasteiger partial charge < -0.3 is 10.1 Å². The minimum atomic E-state index is -0.357. The first-order valence-electron chi connectivity index (χ1n) is 6.09. The summed E-state index contributed by atoms with van der Waals surface area (Å²) in [5.74, 6) is -0.845. The Morgan fingerprint density at radius 3 is 2.79 bits per heavy atom. The van der Waals surface area contributed by atoms with Crippen LogP contribution in [-0.2, 0) is 20.7 Å². The van der Waals surface area contributed by atoms with Crippen LogP contribution >= 0.6 is 0 Å². The van der Waals surface area contributed by atoms with E-state index in [1.165, 1.54) is 19.2 Å². The van der Waals surface area contributed by atoms with Gasteiger partial charge in [0.15, 0.2) is 0 Å². The molecule has 0 saturated heterocycles. The number of amides is 1. The molecule has 19 heavy (non-hydrogen) atoms. The van der Waals surface area contributed by atoms with Gasteiger partial charge >= 0.3 is 5.97 Å². The van der Waals surface area contributed by atoms with E-state index in [1.807, 2.05) is 6.92 Å². The summed E-state index contributed by atoms with van der Waals surface area (Å²) in [5.41, 5.74) is 0.623. The Kier molecular flexibility index (Phi) is 5.99. The summed E-state index contributed by atoms with van der Waals surface area (Å²) in [6, 6.07) is 5.93. The first kappa shape index (κ1) is 15.1. The van der Waals surface area contributed by atoms with Crippen LogP contribution in [0.5, 0.6) is 0 Å². The summed E-state index contributed by atoms with van der Waals surface area (Å²) in [6.45, 7) is 2.24. The van der Waals surface area contributed by atoms with E-state index in [1.54, 1.807) is 12.1 Å². The molecule has 0 spiro atoms. The van der Waals surface area contributed by atoms with Crippen molar-refractivity contribution in [3.63, 3.8) is 0 Å². The van der Waals surface area contributed by atoms with Crippen LogP contribution in [0.2, 0.25) is 0 Å². The molecule has 0 bridgehead atoms. The third kappa shape index (κ3) is 5.99. The van der Waals surface area contributed by atoms with E-state index in [4.69, 9.17) is 0 Å². The van der Waals surface area contributed by atoms with Crippen molar-refractivity contribution in [3.05, 3.63) is 35.6 Å². The van der Waals surface area contributed by atoms with Gasteiger partial charge in [-0.25, -0.2) is 4.39 Å². The number of hydrogen-bond acceptors (Lipinski definition) is 3. The number of methoxy groups -OCH3 is 1. The molecule has 0 saturated carbocycles. The van der Waals surface area contributed by atoms with Gasteiger partial charge in [0.1, 0.15) is 5.82 Å². The molecule has 1 rings (SSSR count). The van der Waals surface area contributed by atoms with Crippen LogP contribution in [0.25, 0.3) is 0 Å². The number of nitrogens with one attached hydrogen (secondary N) is 1. The Labute approximate surface area is 112 Å². The lowest BCUT2D eigenvalue weighted by Gasteiger charge is -2.11. The summed E-state index contributed by atoms with van der Waals surface area (Å²) < 4.78 is 17.5. The smallest absolute Gasteiger partial charge is 0.305 e. The van der Waals surface area contributed by atoms with E-state index in [9.17, 15) is 14.0 Å². The minimum absolute atomic E-state index is 0.00362. The molecule has 0 aromatic heterocycles. The summed E-state index contributed by atoms with van der Waals surface area (Å²) in [6.07, 6.45) is 0.388. The van der Waals surface area contributed by atoms with Gasteiger partial charge in [-0.15, -0.1) is 0 Å². The van der Waals surface area contributed by atoms with Crippen molar-refractivity contribution >= 4 is 11.9 Å². The van der Waals surface area contributed by atoms with Crippen LogP contribution in [0, 0.1) is 11.7 Å². The van der Waals surface area contributed by atoms with Crippen molar-refractivity contribution < 1.29 is 18.7 Å². The highest BCUT2D eigenvalue weighted by Crippen LogP contribution is 2.05. The molecule has 104 valence electrons. The molecule has 1 amide bonds. The maximum atomic E-state index is 12.9. The van der Waals surface area contributed by atoms with E-state index >= 15 is 0 Å². The minimum Gasteiger partial charge on any atom is -0.469 e. The second kappa shape index (κ2) is 7.51. The molecule has 5 heteroatoms. The van der Waals surface area contributed by atoms with E-state index in [-0.39, 0.29) is 36.5 Å². The molecular formula is C14H18FNO3. The first-order valence-corrected chi connectivity index (χ1v) is 6.09. The Morgan fingerprint density at radius 2 is 2.16 bits per heavy atom. The number of halogens is 1. The molecule has 0 aliphatic carbocycles. The van der Waals surface area contributed by atoms with Gasteiger partial charge in [0.2, 0.25) is 5.91 Å². The van der Waals surface area contributed by atoms with Crippen LogP contribution in [0.3, 0.4) is 0 Å². The number of ether oxygens (including phenoxy) is 1. The Bertz CT molecular complexity index is 448. The maximum Gasteiger partial charge on any atom is 0.305 e. The fourth-order valence-corrected chi connectivity index (χ4v) is 1.62. The summed E-state index contributed by atoms with van der Waals surface area (Å²) in [4.78, 5) is 22.7. The summed E-state index contributed by atoms with van der Waals surface area (Å²) in [5, 5.41) is 2.71. The standard InChI is InChI=1S/C14H18FNO3/c1-10(6-14(18)19-2)9-16-13(17)8-11-4-3-5-12(15)7-11/h3-5,7,10H,6,8-9H2,1-2H3,(H,16,17)/t10-/m1/s1. The number of esters is 1. The zero-order chi connectivity index (χ0) is 14.3. The fourth-order valence-electron chi connectivity index (χ4n) is 1.62. The molecule has 0 unspecified atom stereocenters. The maximum absolute atomic E-state index is 12.9. The molecule has 0 aliphatic rings. The zero-order valence-corrected chi connectivity index (χ0v) is 11.1. The third-order valence-electron chi connectivity index (χ3n) is 2.64. The van der Waals surface area contributed by atoms with Crippen LogP contribution in [0.4, 0.5) is 4.39 Å². The van der Waals surface area contributed by atoms with Crippen molar-refractivity contribution in [2.24, 2.45) is 5.92 Å². The van der Waals surface area contributed by atoms with Crippen LogP contribution in [0.15, 0.2) is 24.3 Å². The normalized spacial score (nSPS) is 11.7. The highest BCUT2D eigenvalue weighted by molar-refractivity contribution is 5.78. The number of carbonyl (C=O) groups excluding carboxylic acids is 2. The van der Waals surface area contributed by atoms with Gasteiger partial charge in [-0.3, -0.25) is 9.59 Å². The molecule has 0 radical (unpaired) electrons. The highest BCUT2D eigenvalue weighted by Gasteiger charge is 2.11. The van der Waals surface area contributed by atoms with Gasteiger partial charge in [-0.05, 0) is 23.6 Å². The third-order valence-corrected chi connectivity index (χ3v) is 2.64. The van der Waals surface area contributed by atoms with Crippen LogP contribution in [0.1, 0.15) is 18.9 Å². The zero-order valence-electron chi connectivity index (χ0n) is 11.1. The molecule has 0 fully saturated rings. The first-order chi connectivity index (χ1) is 9.01. The number of rotatable bonds is 6.